The Balaban J connectivity index is 1.90. The minimum Gasteiger partial charge on any atom is -0.299 e. The van der Waals surface area contributed by atoms with Gasteiger partial charge in [-0.2, -0.15) is 10.1 Å². The second kappa shape index (κ2) is 5.73. The number of rotatable bonds is 2. The molecule has 0 aromatic heterocycles. The van der Waals surface area contributed by atoms with E-state index in [1.807, 2.05) is 6.07 Å². The standard InChI is InChI=1S/C15H12N4O3S/c1-8-10(7-11-12(20)16-15(23)17-13(11)21)14(22)19(18-8)9-5-3-2-4-6-9/h2-7,10H,1H3,(H2,16,17,20,21,23)/t10-/m0/s1. The first-order chi connectivity index (χ1) is 11.0. The Morgan fingerprint density at radius 2 is 1.74 bits per heavy atom. The molecule has 1 aromatic rings. The summed E-state index contributed by atoms with van der Waals surface area (Å²) in [6.07, 6.45) is 1.32. The molecule has 1 fully saturated rings. The highest BCUT2D eigenvalue weighted by Gasteiger charge is 2.36. The molecule has 3 rings (SSSR count). The quantitative estimate of drug-likeness (QED) is 0.469. The van der Waals surface area contributed by atoms with Crippen molar-refractivity contribution in [2.45, 2.75) is 6.92 Å². The minimum atomic E-state index is -0.770. The van der Waals surface area contributed by atoms with E-state index in [1.54, 1.807) is 31.2 Å². The molecule has 1 saturated heterocycles. The Labute approximate surface area is 137 Å². The van der Waals surface area contributed by atoms with E-state index in [-0.39, 0.29) is 16.6 Å². The fourth-order valence-electron chi connectivity index (χ4n) is 2.32. The fraction of sp³-hybridized carbons (Fsp3) is 0.133. The van der Waals surface area contributed by atoms with E-state index in [9.17, 15) is 14.4 Å². The number of thiocarbonyl (C=S) groups is 1. The van der Waals surface area contributed by atoms with E-state index in [1.165, 1.54) is 11.1 Å². The molecular formula is C15H12N4O3S. The largest absolute Gasteiger partial charge is 0.299 e. The van der Waals surface area contributed by atoms with Crippen LogP contribution in [0.4, 0.5) is 5.69 Å². The van der Waals surface area contributed by atoms with Crippen LogP contribution in [-0.4, -0.2) is 28.5 Å². The van der Waals surface area contributed by atoms with E-state index in [0.29, 0.717) is 11.4 Å². The Hall–Kier alpha value is -2.87. The minimum absolute atomic E-state index is 0.0498. The highest BCUT2D eigenvalue weighted by molar-refractivity contribution is 7.80. The maximum atomic E-state index is 12.5. The smallest absolute Gasteiger partial charge is 0.262 e. The van der Waals surface area contributed by atoms with Crippen molar-refractivity contribution in [1.29, 1.82) is 0 Å². The zero-order chi connectivity index (χ0) is 16.6. The highest BCUT2D eigenvalue weighted by Crippen LogP contribution is 2.25. The van der Waals surface area contributed by atoms with E-state index in [2.05, 4.69) is 15.7 Å². The summed E-state index contributed by atoms with van der Waals surface area (Å²) < 4.78 is 0. The molecule has 8 heteroatoms. The average Bonchev–Trinajstić information content (AvgIpc) is 2.79. The fourth-order valence-corrected chi connectivity index (χ4v) is 2.50. The molecule has 116 valence electrons. The summed E-state index contributed by atoms with van der Waals surface area (Å²) in [6.45, 7) is 1.67. The number of amides is 3. The predicted molar refractivity (Wildman–Crippen MR) is 87.5 cm³/mol. The number of benzene rings is 1. The lowest BCUT2D eigenvalue weighted by Gasteiger charge is -2.17. The van der Waals surface area contributed by atoms with Crippen LogP contribution in [0.3, 0.4) is 0 Å². The van der Waals surface area contributed by atoms with Gasteiger partial charge in [0, 0.05) is 0 Å². The van der Waals surface area contributed by atoms with Crippen LogP contribution in [0, 0.1) is 5.92 Å². The molecule has 1 atom stereocenters. The maximum Gasteiger partial charge on any atom is 0.262 e. The summed E-state index contributed by atoms with van der Waals surface area (Å²) in [6, 6.07) is 8.93. The summed E-state index contributed by atoms with van der Waals surface area (Å²) >= 11 is 4.73. The molecule has 0 bridgehead atoms. The second-order valence-corrected chi connectivity index (χ2v) is 5.43. The molecule has 2 aliphatic heterocycles. The highest BCUT2D eigenvalue weighted by atomic mass is 32.1. The van der Waals surface area contributed by atoms with E-state index < -0.39 is 17.7 Å². The van der Waals surface area contributed by atoms with Crippen LogP contribution in [0.1, 0.15) is 6.92 Å². The van der Waals surface area contributed by atoms with Crippen molar-refractivity contribution in [3.05, 3.63) is 42.0 Å². The van der Waals surface area contributed by atoms with Crippen molar-refractivity contribution in [2.75, 3.05) is 5.01 Å². The monoisotopic (exact) mass is 328 g/mol. The van der Waals surface area contributed by atoms with Crippen molar-refractivity contribution in [3.8, 4) is 0 Å². The molecule has 0 spiro atoms. The first-order valence-electron chi connectivity index (χ1n) is 6.80. The van der Waals surface area contributed by atoms with Crippen molar-refractivity contribution in [2.24, 2.45) is 11.0 Å². The van der Waals surface area contributed by atoms with Crippen LogP contribution < -0.4 is 15.6 Å². The zero-order valence-electron chi connectivity index (χ0n) is 12.1. The lowest BCUT2D eigenvalue weighted by Crippen LogP contribution is -2.51. The lowest BCUT2D eigenvalue weighted by molar-refractivity contribution is -0.123. The first-order valence-corrected chi connectivity index (χ1v) is 7.21. The number of hydrogen-bond acceptors (Lipinski definition) is 5. The van der Waals surface area contributed by atoms with Crippen LogP contribution in [0.5, 0.6) is 0 Å². The number of nitrogens with one attached hydrogen (secondary N) is 2. The Morgan fingerprint density at radius 1 is 1.13 bits per heavy atom. The zero-order valence-corrected chi connectivity index (χ0v) is 12.9. The van der Waals surface area contributed by atoms with Gasteiger partial charge >= 0.3 is 0 Å². The SMILES string of the molecule is CC1=NN(c2ccccc2)C(=O)[C@H]1C=C1C(=O)NC(=S)NC1=O. The normalized spacial score (nSPS) is 21.1. The Kier molecular flexibility index (Phi) is 3.75. The molecule has 2 heterocycles. The topological polar surface area (TPSA) is 90.9 Å². The number of nitrogens with zero attached hydrogens (tertiary/aromatic N) is 2. The van der Waals surface area contributed by atoms with E-state index >= 15 is 0 Å². The Morgan fingerprint density at radius 3 is 2.35 bits per heavy atom. The van der Waals surface area contributed by atoms with Crippen molar-refractivity contribution in [1.82, 2.24) is 10.6 Å². The lowest BCUT2D eigenvalue weighted by atomic mass is 9.99. The van der Waals surface area contributed by atoms with Gasteiger partial charge < -0.3 is 0 Å². The van der Waals surface area contributed by atoms with Crippen LogP contribution in [-0.2, 0) is 14.4 Å². The van der Waals surface area contributed by atoms with Crippen molar-refractivity contribution >= 4 is 46.5 Å². The van der Waals surface area contributed by atoms with Gasteiger partial charge in [-0.1, -0.05) is 18.2 Å². The van der Waals surface area contributed by atoms with E-state index in [4.69, 9.17) is 12.2 Å². The van der Waals surface area contributed by atoms with Gasteiger partial charge in [0.15, 0.2) is 5.11 Å². The van der Waals surface area contributed by atoms with Gasteiger partial charge in [0.25, 0.3) is 17.7 Å². The van der Waals surface area contributed by atoms with Crippen LogP contribution in [0.25, 0.3) is 0 Å². The van der Waals surface area contributed by atoms with Crippen molar-refractivity contribution < 1.29 is 14.4 Å². The summed E-state index contributed by atoms with van der Waals surface area (Å²) in [5.41, 5.74) is 0.970. The molecule has 23 heavy (non-hydrogen) atoms. The third kappa shape index (κ3) is 2.76. The van der Waals surface area contributed by atoms with Gasteiger partial charge in [-0.15, -0.1) is 0 Å². The number of anilines is 1. The van der Waals surface area contributed by atoms with Gasteiger partial charge in [0.2, 0.25) is 0 Å². The van der Waals surface area contributed by atoms with Crippen LogP contribution in [0.15, 0.2) is 47.1 Å². The summed E-state index contributed by atoms with van der Waals surface area (Å²) in [4.78, 5) is 36.3. The summed E-state index contributed by atoms with van der Waals surface area (Å²) in [7, 11) is 0. The third-order valence-corrected chi connectivity index (χ3v) is 3.66. The van der Waals surface area contributed by atoms with Crippen LogP contribution >= 0.6 is 12.2 Å². The van der Waals surface area contributed by atoms with Gasteiger partial charge in [-0.3, -0.25) is 25.0 Å². The van der Waals surface area contributed by atoms with Gasteiger partial charge in [0.1, 0.15) is 5.57 Å². The molecule has 2 aliphatic rings. The van der Waals surface area contributed by atoms with Crippen molar-refractivity contribution in [3.63, 3.8) is 0 Å². The molecule has 1 aromatic carbocycles. The first kappa shape index (κ1) is 15.0. The molecule has 0 aliphatic carbocycles. The molecule has 0 unspecified atom stereocenters. The maximum absolute atomic E-state index is 12.5. The number of hydrazone groups is 1. The van der Waals surface area contributed by atoms with Gasteiger partial charge in [-0.25, -0.2) is 0 Å². The van der Waals surface area contributed by atoms with Gasteiger partial charge in [0.05, 0.1) is 17.3 Å². The summed E-state index contributed by atoms with van der Waals surface area (Å²) in [5.74, 6) is -2.35. The molecular weight excluding hydrogens is 316 g/mol. The molecule has 0 saturated carbocycles. The third-order valence-electron chi connectivity index (χ3n) is 3.46. The van der Waals surface area contributed by atoms with Crippen LogP contribution in [0.2, 0.25) is 0 Å². The summed E-state index contributed by atoms with van der Waals surface area (Å²) in [5, 5.41) is 10.1. The van der Waals surface area contributed by atoms with Gasteiger partial charge in [-0.05, 0) is 37.4 Å². The predicted octanol–water partition coefficient (Wildman–Crippen LogP) is 0.483. The Bertz CT molecular complexity index is 763. The molecule has 3 amide bonds. The average molecular weight is 328 g/mol. The number of carbonyl (C=O) groups is 3. The molecule has 7 nitrogen and oxygen atoms in total. The molecule has 0 radical (unpaired) electrons. The second-order valence-electron chi connectivity index (χ2n) is 5.02. The number of carbonyl (C=O) groups excluding carboxylic acids is 3. The number of hydrogen-bond donors (Lipinski definition) is 2. The number of para-hydroxylation sites is 1. The van der Waals surface area contributed by atoms with E-state index in [0.717, 1.165) is 0 Å². The molecule has 2 N–H and O–H groups in total.